The summed E-state index contributed by atoms with van der Waals surface area (Å²) in [5.41, 5.74) is 1.06. The minimum atomic E-state index is -4.92. The van der Waals surface area contributed by atoms with E-state index in [9.17, 15) is 23.1 Å². The van der Waals surface area contributed by atoms with Crippen molar-refractivity contribution in [1.29, 1.82) is 0 Å². The number of carbonyl (C=O) groups excluding carboxylic acids is 1. The van der Waals surface area contributed by atoms with Crippen molar-refractivity contribution in [3.05, 3.63) is 33.8 Å². The summed E-state index contributed by atoms with van der Waals surface area (Å²) < 4.78 is 37.2. The second-order valence-electron chi connectivity index (χ2n) is 4.05. The van der Waals surface area contributed by atoms with Gasteiger partial charge in [0.1, 0.15) is 0 Å². The number of nitrogens with one attached hydrogen (secondary N) is 1. The Kier molecular flexibility index (Phi) is 3.37. The van der Waals surface area contributed by atoms with Gasteiger partial charge in [0.2, 0.25) is 0 Å². The van der Waals surface area contributed by atoms with Crippen LogP contribution < -0.4 is 5.32 Å². The van der Waals surface area contributed by atoms with Gasteiger partial charge >= 0.3 is 12.1 Å². The molecular weight excluding hydrogens is 315 g/mol. The van der Waals surface area contributed by atoms with Gasteiger partial charge in [-0.05, 0) is 23.3 Å². The van der Waals surface area contributed by atoms with E-state index in [1.807, 2.05) is 5.32 Å². The van der Waals surface area contributed by atoms with E-state index >= 15 is 0 Å². The third-order valence-electron chi connectivity index (χ3n) is 2.80. The number of benzene rings is 1. The first-order valence-corrected chi connectivity index (χ1v) is 5.93. The molecule has 1 aliphatic carbocycles. The molecule has 0 heterocycles. The van der Waals surface area contributed by atoms with E-state index in [0.717, 1.165) is 0 Å². The molecule has 1 aromatic rings. The fraction of sp³-hybridized carbons (Fsp3) is 0.364. The number of hydrogen-bond donors (Lipinski definition) is 2. The summed E-state index contributed by atoms with van der Waals surface area (Å²) in [5.74, 6) is -1.99. The van der Waals surface area contributed by atoms with Crippen LogP contribution in [0.15, 0.2) is 22.7 Å². The summed E-state index contributed by atoms with van der Waals surface area (Å²) in [5, 5.41) is 11.6. The highest BCUT2D eigenvalue weighted by Crippen LogP contribution is 2.40. The highest BCUT2D eigenvalue weighted by Gasteiger charge is 2.41. The Bertz CT molecular complexity index is 490. The topological polar surface area (TPSA) is 49.3 Å². The summed E-state index contributed by atoms with van der Waals surface area (Å²) in [6.45, 7) is 0. The zero-order valence-electron chi connectivity index (χ0n) is 8.96. The quantitative estimate of drug-likeness (QED) is 0.834. The molecule has 0 bridgehead atoms. The number of rotatable bonds is 1. The Morgan fingerprint density at radius 3 is 2.67 bits per heavy atom. The number of carbonyl (C=O) groups is 1. The normalized spacial score (nSPS) is 22.7. The van der Waals surface area contributed by atoms with Crippen molar-refractivity contribution in [2.75, 3.05) is 0 Å². The number of aliphatic hydroxyl groups excluding tert-OH is 1. The molecule has 0 saturated heterocycles. The maximum Gasteiger partial charge on any atom is 0.471 e. The van der Waals surface area contributed by atoms with Crippen LogP contribution in [0.3, 0.4) is 0 Å². The van der Waals surface area contributed by atoms with E-state index < -0.39 is 24.2 Å². The predicted octanol–water partition coefficient (Wildman–Crippen LogP) is 2.61. The molecular formula is C11H9BrF3NO2. The number of amides is 1. The van der Waals surface area contributed by atoms with Crippen LogP contribution in [-0.4, -0.2) is 17.2 Å². The predicted molar refractivity (Wildman–Crippen MR) is 60.7 cm³/mol. The van der Waals surface area contributed by atoms with E-state index in [-0.39, 0.29) is 6.42 Å². The minimum absolute atomic E-state index is 0.0492. The van der Waals surface area contributed by atoms with Crippen molar-refractivity contribution >= 4 is 21.8 Å². The molecule has 3 nitrogen and oxygen atoms in total. The Hall–Kier alpha value is -1.08. The van der Waals surface area contributed by atoms with Crippen LogP contribution >= 0.6 is 15.9 Å². The monoisotopic (exact) mass is 323 g/mol. The fourth-order valence-electron chi connectivity index (χ4n) is 2.00. The van der Waals surface area contributed by atoms with Crippen LogP contribution in [0.25, 0.3) is 0 Å². The van der Waals surface area contributed by atoms with Gasteiger partial charge in [0.05, 0.1) is 12.1 Å². The first-order chi connectivity index (χ1) is 8.29. The summed E-state index contributed by atoms with van der Waals surface area (Å²) in [7, 11) is 0. The number of halogens is 4. The van der Waals surface area contributed by atoms with Crippen LogP contribution in [0, 0.1) is 0 Å². The van der Waals surface area contributed by atoms with Gasteiger partial charge in [-0.15, -0.1) is 0 Å². The van der Waals surface area contributed by atoms with Gasteiger partial charge in [0, 0.05) is 10.9 Å². The molecule has 2 atom stereocenters. The third-order valence-corrected chi connectivity index (χ3v) is 3.30. The number of hydrogen-bond acceptors (Lipinski definition) is 2. The molecule has 1 aliphatic rings. The van der Waals surface area contributed by atoms with Gasteiger partial charge in [-0.3, -0.25) is 4.79 Å². The largest absolute Gasteiger partial charge is 0.471 e. The summed E-state index contributed by atoms with van der Waals surface area (Å²) >= 11 is 3.20. The molecule has 0 fully saturated rings. The van der Waals surface area contributed by atoms with Gasteiger partial charge in [-0.1, -0.05) is 22.0 Å². The summed E-state index contributed by atoms with van der Waals surface area (Å²) in [6.07, 6.45) is -5.72. The number of fused-ring (bicyclic) bond motifs is 1. The van der Waals surface area contributed by atoms with E-state index in [0.29, 0.717) is 15.6 Å². The lowest BCUT2D eigenvalue weighted by Gasteiger charge is -2.15. The lowest BCUT2D eigenvalue weighted by molar-refractivity contribution is -0.174. The standard InChI is InChI=1S/C11H9BrF3NO2/c12-5-1-2-6-7(3-5)8(4-9(6)17)16-10(18)11(13,14)15/h1-3,8-9,17H,4H2,(H,16,18)/t8-,9+/m0/s1. The molecule has 98 valence electrons. The molecule has 0 radical (unpaired) electrons. The van der Waals surface area contributed by atoms with Gasteiger partial charge in [0.15, 0.2) is 0 Å². The molecule has 1 amide bonds. The van der Waals surface area contributed by atoms with Crippen molar-refractivity contribution in [3.63, 3.8) is 0 Å². The van der Waals surface area contributed by atoms with Gasteiger partial charge in [-0.25, -0.2) is 0 Å². The third kappa shape index (κ3) is 2.51. The van der Waals surface area contributed by atoms with Gasteiger partial charge in [0.25, 0.3) is 0 Å². The number of aliphatic hydroxyl groups is 1. The molecule has 2 N–H and O–H groups in total. The number of alkyl halides is 3. The van der Waals surface area contributed by atoms with Crippen LogP contribution in [0.2, 0.25) is 0 Å². The van der Waals surface area contributed by atoms with E-state index in [2.05, 4.69) is 15.9 Å². The van der Waals surface area contributed by atoms with Crippen molar-refractivity contribution in [2.45, 2.75) is 24.7 Å². The zero-order valence-corrected chi connectivity index (χ0v) is 10.5. The van der Waals surface area contributed by atoms with Crippen LogP contribution in [-0.2, 0) is 4.79 Å². The maximum absolute atomic E-state index is 12.2. The SMILES string of the molecule is O=C(N[C@H]1C[C@@H](O)c2ccc(Br)cc21)C(F)(F)F. The second kappa shape index (κ2) is 4.55. The van der Waals surface area contributed by atoms with E-state index in [1.54, 1.807) is 18.2 Å². The highest BCUT2D eigenvalue weighted by atomic mass is 79.9. The fourth-order valence-corrected chi connectivity index (χ4v) is 2.38. The Labute approximate surface area is 109 Å². The second-order valence-corrected chi connectivity index (χ2v) is 4.96. The van der Waals surface area contributed by atoms with E-state index in [4.69, 9.17) is 0 Å². The molecule has 0 aliphatic heterocycles. The van der Waals surface area contributed by atoms with Crippen LogP contribution in [0.1, 0.15) is 29.7 Å². The van der Waals surface area contributed by atoms with Gasteiger partial charge < -0.3 is 10.4 Å². The molecule has 18 heavy (non-hydrogen) atoms. The maximum atomic E-state index is 12.2. The Morgan fingerprint density at radius 2 is 2.06 bits per heavy atom. The van der Waals surface area contributed by atoms with Crippen molar-refractivity contribution in [3.8, 4) is 0 Å². The molecule has 0 spiro atoms. The Balaban J connectivity index is 2.24. The van der Waals surface area contributed by atoms with Crippen LogP contribution in [0.4, 0.5) is 13.2 Å². The minimum Gasteiger partial charge on any atom is -0.388 e. The Morgan fingerprint density at radius 1 is 1.39 bits per heavy atom. The summed E-state index contributed by atoms with van der Waals surface area (Å²) in [6, 6.07) is 4.11. The molecule has 0 saturated carbocycles. The average Bonchev–Trinajstić information content (AvgIpc) is 2.54. The van der Waals surface area contributed by atoms with Crippen LogP contribution in [0.5, 0.6) is 0 Å². The molecule has 7 heteroatoms. The highest BCUT2D eigenvalue weighted by molar-refractivity contribution is 9.10. The first kappa shape index (κ1) is 13.4. The molecule has 1 aromatic carbocycles. The lowest BCUT2D eigenvalue weighted by Crippen LogP contribution is -2.38. The molecule has 0 aromatic heterocycles. The summed E-state index contributed by atoms with van der Waals surface area (Å²) in [4.78, 5) is 10.9. The lowest BCUT2D eigenvalue weighted by atomic mass is 10.1. The van der Waals surface area contributed by atoms with Crippen molar-refractivity contribution < 1.29 is 23.1 Å². The molecule has 2 rings (SSSR count). The first-order valence-electron chi connectivity index (χ1n) is 5.14. The van der Waals surface area contributed by atoms with E-state index in [1.165, 1.54) is 0 Å². The smallest absolute Gasteiger partial charge is 0.388 e. The average molecular weight is 324 g/mol. The zero-order chi connectivity index (χ0) is 13.5. The molecule has 0 unspecified atom stereocenters. The van der Waals surface area contributed by atoms with Gasteiger partial charge in [-0.2, -0.15) is 13.2 Å². The van der Waals surface area contributed by atoms with Crippen molar-refractivity contribution in [2.24, 2.45) is 0 Å². The van der Waals surface area contributed by atoms with Crippen molar-refractivity contribution in [1.82, 2.24) is 5.32 Å².